The Morgan fingerprint density at radius 2 is 0.951 bits per heavy atom. The van der Waals surface area contributed by atoms with Crippen molar-refractivity contribution >= 4 is 0 Å². The summed E-state index contributed by atoms with van der Waals surface area (Å²) in [5.74, 6) is 0.205. The van der Waals surface area contributed by atoms with Gasteiger partial charge in [-0.1, -0.05) is 111 Å². The lowest BCUT2D eigenvalue weighted by atomic mass is 9.59. The molecule has 3 saturated heterocycles. The largest absolute Gasteiger partial charge is 0.507 e. The van der Waals surface area contributed by atoms with Gasteiger partial charge in [0.1, 0.15) is 35.7 Å². The van der Waals surface area contributed by atoms with E-state index in [1.165, 1.54) is 6.26 Å². The van der Waals surface area contributed by atoms with Crippen LogP contribution in [0.5, 0.6) is 5.75 Å². The number of aromatic hydroxyl groups is 1. The number of hydrogen-bond donors (Lipinski definition) is 1. The molecule has 3 fully saturated rings. The van der Waals surface area contributed by atoms with Gasteiger partial charge in [-0.15, -0.1) is 0 Å². The maximum atomic E-state index is 15.2. The average Bonchev–Trinajstić information content (AvgIpc) is 3.84. The molecule has 0 aliphatic carbocycles. The highest BCUT2D eigenvalue weighted by Crippen LogP contribution is 2.53. The molecule has 1 N–H and O–H groups in total. The zero-order chi connectivity index (χ0) is 59.7. The van der Waals surface area contributed by atoms with Gasteiger partial charge in [-0.25, -0.2) is 23.1 Å². The number of nitriles is 3. The Labute approximate surface area is 481 Å². The summed E-state index contributed by atoms with van der Waals surface area (Å²) in [5.41, 5.74) is 1.53. The van der Waals surface area contributed by atoms with Crippen LogP contribution in [0.2, 0.25) is 0 Å². The number of alkyl halides is 3. The molecule has 436 valence electrons. The summed E-state index contributed by atoms with van der Waals surface area (Å²) in [6, 6.07) is 35.5. The molecule has 9 rings (SSSR count). The molecule has 0 radical (unpaired) electrons. The Bertz CT molecular complexity index is 3170. The summed E-state index contributed by atoms with van der Waals surface area (Å²) in [6.07, 6.45) is 2.22. The van der Waals surface area contributed by atoms with E-state index < -0.39 is 46.7 Å². The van der Waals surface area contributed by atoms with E-state index in [1.807, 2.05) is 115 Å². The fourth-order valence-electron chi connectivity index (χ4n) is 12.4. The van der Waals surface area contributed by atoms with Crippen molar-refractivity contribution in [1.29, 1.82) is 15.8 Å². The topological polar surface area (TPSA) is 153 Å². The van der Waals surface area contributed by atoms with Gasteiger partial charge in [0.05, 0.1) is 42.0 Å². The third-order valence-corrected chi connectivity index (χ3v) is 18.1. The van der Waals surface area contributed by atoms with E-state index in [-0.39, 0.29) is 54.3 Å². The Morgan fingerprint density at radius 1 is 0.537 bits per heavy atom. The van der Waals surface area contributed by atoms with Crippen LogP contribution in [0.3, 0.4) is 0 Å². The van der Waals surface area contributed by atoms with Crippen LogP contribution in [0.15, 0.2) is 118 Å². The first-order valence-corrected chi connectivity index (χ1v) is 28.3. The number of aromatic nitrogens is 2. The second-order valence-corrected chi connectivity index (χ2v) is 25.5. The first-order valence-electron chi connectivity index (χ1n) is 28.3. The van der Waals surface area contributed by atoms with Gasteiger partial charge in [-0.3, -0.25) is 14.7 Å². The second kappa shape index (κ2) is 26.1. The zero-order valence-corrected chi connectivity index (χ0v) is 49.0. The van der Waals surface area contributed by atoms with E-state index in [9.17, 15) is 29.7 Å². The molecule has 3 aliphatic heterocycles. The van der Waals surface area contributed by atoms with Gasteiger partial charge in [0.2, 0.25) is 11.9 Å². The maximum absolute atomic E-state index is 15.2. The molecule has 6 unspecified atom stereocenters. The molecule has 0 bridgehead atoms. The van der Waals surface area contributed by atoms with Crippen LogP contribution in [-0.2, 0) is 19.6 Å². The van der Waals surface area contributed by atoms with Gasteiger partial charge in [0.25, 0.3) is 0 Å². The predicted octanol–water partition coefficient (Wildman–Crippen LogP) is 15.5. The zero-order valence-electron chi connectivity index (χ0n) is 49.0. The Kier molecular flexibility index (Phi) is 20.0. The van der Waals surface area contributed by atoms with Gasteiger partial charge in [-0.05, 0) is 109 Å². The van der Waals surface area contributed by atoms with E-state index in [4.69, 9.17) is 8.83 Å². The number of likely N-dealkylation sites (tertiary alicyclic amines) is 3. The van der Waals surface area contributed by atoms with Crippen molar-refractivity contribution < 1.29 is 35.9 Å². The summed E-state index contributed by atoms with van der Waals surface area (Å²) >= 11 is 0. The van der Waals surface area contributed by atoms with Gasteiger partial charge in [-0.2, -0.15) is 24.6 Å². The van der Waals surface area contributed by atoms with Crippen LogP contribution in [-0.4, -0.2) is 87.6 Å². The Hall–Kier alpha value is -6.90. The van der Waals surface area contributed by atoms with Crippen molar-refractivity contribution in [3.8, 4) is 58.0 Å². The summed E-state index contributed by atoms with van der Waals surface area (Å²) in [7, 11) is 0. The molecule has 0 amide bonds. The Balaban J connectivity index is 0.000000177. The molecular formula is C66H79F5N8O3. The molecule has 11 nitrogen and oxygen atoms in total. The van der Waals surface area contributed by atoms with E-state index in [0.717, 1.165) is 17.7 Å². The molecule has 6 atom stereocenters. The van der Waals surface area contributed by atoms with Crippen LogP contribution in [0, 0.1) is 78.4 Å². The minimum atomic E-state index is -1.13. The van der Waals surface area contributed by atoms with Crippen LogP contribution >= 0.6 is 0 Å². The summed E-state index contributed by atoms with van der Waals surface area (Å²) in [4.78, 5) is 14.0. The first-order chi connectivity index (χ1) is 38.8. The molecule has 3 aliphatic rings. The molecular weight excluding hydrogens is 1050 g/mol. The van der Waals surface area contributed by atoms with E-state index in [1.54, 1.807) is 60.9 Å². The van der Waals surface area contributed by atoms with Crippen molar-refractivity contribution in [3.63, 3.8) is 0 Å². The smallest absolute Gasteiger partial charge is 0.218 e. The van der Waals surface area contributed by atoms with Crippen LogP contribution in [0.25, 0.3) is 34.0 Å². The van der Waals surface area contributed by atoms with Crippen molar-refractivity contribution in [2.75, 3.05) is 39.3 Å². The number of nitrogens with zero attached hydrogens (tertiary/aromatic N) is 8. The lowest BCUT2D eigenvalue weighted by molar-refractivity contribution is -0.0663. The lowest BCUT2D eigenvalue weighted by Crippen LogP contribution is -2.54. The van der Waals surface area contributed by atoms with Crippen LogP contribution < -0.4 is 0 Å². The fourth-order valence-corrected chi connectivity index (χ4v) is 12.4. The number of phenols is 1. The molecule has 7 heterocycles. The van der Waals surface area contributed by atoms with E-state index >= 15 is 13.2 Å². The SMILES string of the molecule is CC(C)(C)C1(CC#N)CCN(Cc2ccc(-c3ccccc3)nc2F)CC1F.CC(C)(C)C1(CC#N)CCN(Cc2ccc(-c3ccco3)c(O)c2)CC1F.CC(C)(C)C1(CC#N)CCN(Cc2ccc(-c3ccco3)nc2F)CC1F. The second-order valence-electron chi connectivity index (χ2n) is 25.5. The molecule has 16 heteroatoms. The summed E-state index contributed by atoms with van der Waals surface area (Å²) in [6.45, 7) is 21.9. The highest BCUT2D eigenvalue weighted by molar-refractivity contribution is 5.66. The quantitative estimate of drug-likeness (QED) is 0.0920. The Morgan fingerprint density at radius 3 is 1.33 bits per heavy atom. The third kappa shape index (κ3) is 13.9. The number of piperidine rings is 3. The molecule has 2 aromatic carbocycles. The van der Waals surface area contributed by atoms with Gasteiger partial charge >= 0.3 is 0 Å². The number of benzene rings is 2. The molecule has 0 saturated carbocycles. The number of hydrogen-bond acceptors (Lipinski definition) is 11. The highest BCUT2D eigenvalue weighted by Gasteiger charge is 2.53. The van der Waals surface area contributed by atoms with Crippen molar-refractivity contribution in [2.45, 2.75) is 139 Å². The molecule has 0 spiro atoms. The number of pyridine rings is 2. The number of rotatable bonds is 12. The van der Waals surface area contributed by atoms with Crippen LogP contribution in [0.4, 0.5) is 22.0 Å². The van der Waals surface area contributed by atoms with Crippen molar-refractivity contribution in [3.05, 3.63) is 138 Å². The van der Waals surface area contributed by atoms with Crippen molar-refractivity contribution in [1.82, 2.24) is 24.7 Å². The predicted molar refractivity (Wildman–Crippen MR) is 308 cm³/mol. The van der Waals surface area contributed by atoms with Gasteiger partial charge in [0, 0.05) is 91.5 Å². The number of furan rings is 2. The van der Waals surface area contributed by atoms with Gasteiger partial charge < -0.3 is 13.9 Å². The first kappa shape index (κ1) is 62.7. The fraction of sp³-hybridized carbons (Fsp3) is 0.500. The van der Waals surface area contributed by atoms with Crippen molar-refractivity contribution in [2.24, 2.45) is 32.5 Å². The minimum Gasteiger partial charge on any atom is -0.507 e. The van der Waals surface area contributed by atoms with E-state index in [0.29, 0.717) is 98.1 Å². The third-order valence-electron chi connectivity index (χ3n) is 18.1. The summed E-state index contributed by atoms with van der Waals surface area (Å²) in [5, 5.41) is 38.0. The number of phenolic OH excluding ortho intramolecular Hbond substituents is 1. The molecule has 6 aromatic rings. The number of halogens is 5. The summed E-state index contributed by atoms with van der Waals surface area (Å²) < 4.78 is 85.2. The minimum absolute atomic E-state index is 0.157. The standard InChI is InChI=1S/C23H27F2N3.C22H27FN2O2.C21H25F2N3O/c1-22(2,3)23(11-13-26)12-14-28(16-20(23)24)15-18-9-10-19(27-21(18)25)17-7-5-4-6-8-17;1-21(2,3)22(8-10-24)9-11-25(15-20(22)23)14-16-6-7-17(18(26)13-16)19-5-4-12-27-19;1-20(2,3)21(8-10-24)9-11-26(14-18(21)22)13-15-6-7-16(25-19(15)23)17-5-4-12-27-17/h4-10,20H,11-12,14-16H2,1-3H3;4-7,12-13,20,26H,8-9,11,14-15H2,1-3H3;4-7,12,18H,8-9,11,13-14H2,1-3H3. The maximum Gasteiger partial charge on any atom is 0.218 e. The molecule has 82 heavy (non-hydrogen) atoms. The van der Waals surface area contributed by atoms with Gasteiger partial charge in [0.15, 0.2) is 5.76 Å². The van der Waals surface area contributed by atoms with Crippen LogP contribution in [0.1, 0.15) is 118 Å². The average molecular weight is 1130 g/mol. The monoisotopic (exact) mass is 1130 g/mol. The highest BCUT2D eigenvalue weighted by atomic mass is 19.1. The van der Waals surface area contributed by atoms with E-state index in [2.05, 4.69) is 33.1 Å². The molecule has 4 aromatic heterocycles. The lowest BCUT2D eigenvalue weighted by Gasteiger charge is -2.51. The normalized spacial score (nSPS) is 23.7.